The van der Waals surface area contributed by atoms with Crippen molar-refractivity contribution in [3.63, 3.8) is 0 Å². The van der Waals surface area contributed by atoms with Gasteiger partial charge in [-0.1, -0.05) is 6.07 Å². The summed E-state index contributed by atoms with van der Waals surface area (Å²) in [6, 6.07) is 8.14. The van der Waals surface area contributed by atoms with Crippen LogP contribution in [0.15, 0.2) is 40.9 Å². The van der Waals surface area contributed by atoms with Crippen LogP contribution in [0.3, 0.4) is 0 Å². The molecule has 104 valence electrons. The molecule has 0 aromatic heterocycles. The molecule has 2 rings (SSSR count). The Morgan fingerprint density at radius 2 is 1.95 bits per heavy atom. The molecule has 20 heavy (non-hydrogen) atoms. The van der Waals surface area contributed by atoms with Crippen molar-refractivity contribution in [1.29, 1.82) is 0 Å². The first kappa shape index (κ1) is 14.5. The second kappa shape index (κ2) is 6.00. The van der Waals surface area contributed by atoms with Gasteiger partial charge >= 0.3 is 0 Å². The smallest absolute Gasteiger partial charge is 0.262 e. The van der Waals surface area contributed by atoms with E-state index in [1.165, 1.54) is 31.4 Å². The van der Waals surface area contributed by atoms with Gasteiger partial charge in [0.25, 0.3) is 5.91 Å². The number of hydrogen-bond acceptors (Lipinski definition) is 2. The number of carbonyl (C=O) groups excluding carboxylic acids is 1. The van der Waals surface area contributed by atoms with Crippen LogP contribution in [0.25, 0.3) is 0 Å². The molecule has 1 N–H and O–H groups in total. The summed E-state index contributed by atoms with van der Waals surface area (Å²) < 4.78 is 32.3. The highest BCUT2D eigenvalue weighted by Crippen LogP contribution is 2.24. The van der Waals surface area contributed by atoms with Crippen molar-refractivity contribution in [1.82, 2.24) is 0 Å². The van der Waals surface area contributed by atoms with Gasteiger partial charge in [0.05, 0.1) is 11.6 Å². The van der Waals surface area contributed by atoms with E-state index in [-0.39, 0.29) is 21.5 Å². The summed E-state index contributed by atoms with van der Waals surface area (Å²) in [7, 11) is 1.34. The van der Waals surface area contributed by atoms with E-state index in [0.717, 1.165) is 12.1 Å². The molecule has 0 fully saturated rings. The molecule has 0 saturated heterocycles. The number of rotatable bonds is 3. The lowest BCUT2D eigenvalue weighted by molar-refractivity contribution is 0.102. The van der Waals surface area contributed by atoms with Crippen molar-refractivity contribution >= 4 is 27.5 Å². The summed E-state index contributed by atoms with van der Waals surface area (Å²) in [6.07, 6.45) is 0. The highest BCUT2D eigenvalue weighted by atomic mass is 79.9. The lowest BCUT2D eigenvalue weighted by Crippen LogP contribution is -2.15. The highest BCUT2D eigenvalue weighted by Gasteiger charge is 2.17. The van der Waals surface area contributed by atoms with Crippen molar-refractivity contribution in [2.45, 2.75) is 0 Å². The van der Waals surface area contributed by atoms with Gasteiger partial charge in [-0.2, -0.15) is 0 Å². The van der Waals surface area contributed by atoms with E-state index in [0.29, 0.717) is 0 Å². The third-order valence-electron chi connectivity index (χ3n) is 2.60. The van der Waals surface area contributed by atoms with E-state index in [4.69, 9.17) is 4.74 Å². The fraction of sp³-hybridized carbons (Fsp3) is 0.0714. The highest BCUT2D eigenvalue weighted by molar-refractivity contribution is 9.10. The summed E-state index contributed by atoms with van der Waals surface area (Å²) in [4.78, 5) is 12.0. The third kappa shape index (κ3) is 2.96. The molecule has 0 aliphatic heterocycles. The van der Waals surface area contributed by atoms with E-state index in [1.807, 2.05) is 0 Å². The molecule has 0 spiro atoms. The van der Waals surface area contributed by atoms with Crippen molar-refractivity contribution in [3.05, 3.63) is 58.1 Å². The number of methoxy groups -OCH3 is 1. The predicted molar refractivity (Wildman–Crippen MR) is 75.0 cm³/mol. The van der Waals surface area contributed by atoms with E-state index in [9.17, 15) is 13.6 Å². The predicted octanol–water partition coefficient (Wildman–Crippen LogP) is 3.99. The second-order valence-electron chi connectivity index (χ2n) is 3.90. The molecule has 0 radical (unpaired) electrons. The largest absolute Gasteiger partial charge is 0.496 e. The standard InChI is InChI=1S/C14H10BrF2NO2/c1-20-12-4-2-3-10(16)13(12)14(19)18-8-5-6-9(15)11(17)7-8/h2-7H,1H3,(H,18,19). The van der Waals surface area contributed by atoms with Crippen LogP contribution in [-0.2, 0) is 0 Å². The van der Waals surface area contributed by atoms with Crippen LogP contribution < -0.4 is 10.1 Å². The first-order chi connectivity index (χ1) is 9.52. The maximum Gasteiger partial charge on any atom is 0.262 e. The van der Waals surface area contributed by atoms with Crippen LogP contribution in [0.1, 0.15) is 10.4 Å². The Labute approximate surface area is 122 Å². The van der Waals surface area contributed by atoms with E-state index in [2.05, 4.69) is 21.2 Å². The zero-order valence-electron chi connectivity index (χ0n) is 10.4. The van der Waals surface area contributed by atoms with E-state index >= 15 is 0 Å². The van der Waals surface area contributed by atoms with Crippen LogP contribution in [0, 0.1) is 11.6 Å². The molecule has 1 amide bonds. The van der Waals surface area contributed by atoms with Gasteiger partial charge in [-0.05, 0) is 46.3 Å². The average Bonchev–Trinajstić information content (AvgIpc) is 2.42. The van der Waals surface area contributed by atoms with Gasteiger partial charge in [-0.25, -0.2) is 8.78 Å². The maximum absolute atomic E-state index is 13.7. The number of amides is 1. The monoisotopic (exact) mass is 341 g/mol. The SMILES string of the molecule is COc1cccc(F)c1C(=O)Nc1ccc(Br)c(F)c1. The summed E-state index contributed by atoms with van der Waals surface area (Å²) in [6.45, 7) is 0. The summed E-state index contributed by atoms with van der Waals surface area (Å²) >= 11 is 3.01. The number of benzene rings is 2. The Morgan fingerprint density at radius 1 is 1.20 bits per heavy atom. The van der Waals surface area contributed by atoms with Gasteiger partial charge in [0.1, 0.15) is 22.9 Å². The number of carbonyl (C=O) groups is 1. The molecule has 0 aliphatic rings. The van der Waals surface area contributed by atoms with E-state index in [1.54, 1.807) is 0 Å². The van der Waals surface area contributed by atoms with Crippen molar-refractivity contribution in [2.75, 3.05) is 12.4 Å². The Bertz CT molecular complexity index is 662. The minimum absolute atomic E-state index is 0.111. The zero-order chi connectivity index (χ0) is 14.7. The van der Waals surface area contributed by atoms with Crippen LogP contribution in [-0.4, -0.2) is 13.0 Å². The molecule has 6 heteroatoms. The lowest BCUT2D eigenvalue weighted by atomic mass is 10.1. The van der Waals surface area contributed by atoms with Gasteiger partial charge in [0.15, 0.2) is 0 Å². The Balaban J connectivity index is 2.30. The lowest BCUT2D eigenvalue weighted by Gasteiger charge is -2.10. The minimum Gasteiger partial charge on any atom is -0.496 e. The molecule has 0 saturated carbocycles. The summed E-state index contributed by atoms with van der Waals surface area (Å²) in [5, 5.41) is 2.42. The molecular weight excluding hydrogens is 332 g/mol. The minimum atomic E-state index is -0.709. The maximum atomic E-state index is 13.7. The van der Waals surface area contributed by atoms with Crippen molar-refractivity contribution < 1.29 is 18.3 Å². The first-order valence-corrected chi connectivity index (χ1v) is 6.41. The Morgan fingerprint density at radius 3 is 2.60 bits per heavy atom. The summed E-state index contributed by atoms with van der Waals surface area (Å²) in [5.41, 5.74) is -0.000618. The van der Waals surface area contributed by atoms with Crippen LogP contribution >= 0.6 is 15.9 Å². The van der Waals surface area contributed by atoms with Crippen molar-refractivity contribution in [2.24, 2.45) is 0 Å². The topological polar surface area (TPSA) is 38.3 Å². The van der Waals surface area contributed by atoms with Crippen LogP contribution in [0.5, 0.6) is 5.75 Å². The molecule has 2 aromatic rings. The number of halogens is 3. The van der Waals surface area contributed by atoms with E-state index < -0.39 is 17.5 Å². The van der Waals surface area contributed by atoms with Gasteiger partial charge in [0.2, 0.25) is 0 Å². The third-order valence-corrected chi connectivity index (χ3v) is 3.24. The molecule has 0 heterocycles. The fourth-order valence-electron chi connectivity index (χ4n) is 1.66. The summed E-state index contributed by atoms with van der Waals surface area (Å²) in [5.74, 6) is -1.83. The average molecular weight is 342 g/mol. The molecule has 0 atom stereocenters. The second-order valence-corrected chi connectivity index (χ2v) is 4.75. The fourth-order valence-corrected chi connectivity index (χ4v) is 1.91. The normalized spacial score (nSPS) is 10.2. The quantitative estimate of drug-likeness (QED) is 0.916. The molecule has 0 unspecified atom stereocenters. The number of ether oxygens (including phenoxy) is 1. The number of anilines is 1. The molecule has 0 bridgehead atoms. The van der Waals surface area contributed by atoms with Crippen LogP contribution in [0.2, 0.25) is 0 Å². The van der Waals surface area contributed by atoms with Gasteiger partial charge in [-0.3, -0.25) is 4.79 Å². The zero-order valence-corrected chi connectivity index (χ0v) is 12.0. The number of hydrogen-bond donors (Lipinski definition) is 1. The Hall–Kier alpha value is -1.95. The van der Waals surface area contributed by atoms with Crippen LogP contribution in [0.4, 0.5) is 14.5 Å². The van der Waals surface area contributed by atoms with Gasteiger partial charge < -0.3 is 10.1 Å². The van der Waals surface area contributed by atoms with Gasteiger partial charge in [0, 0.05) is 5.69 Å². The Kier molecular flexibility index (Phi) is 4.34. The molecule has 3 nitrogen and oxygen atoms in total. The van der Waals surface area contributed by atoms with Crippen molar-refractivity contribution in [3.8, 4) is 5.75 Å². The number of nitrogens with one attached hydrogen (secondary N) is 1. The van der Waals surface area contributed by atoms with Gasteiger partial charge in [-0.15, -0.1) is 0 Å². The molecule has 0 aliphatic carbocycles. The molecule has 2 aromatic carbocycles. The first-order valence-electron chi connectivity index (χ1n) is 5.62. The molecular formula is C14H10BrF2NO2.